The maximum atomic E-state index is 13.2. The second kappa shape index (κ2) is 9.37. The summed E-state index contributed by atoms with van der Waals surface area (Å²) in [4.78, 5) is 17.8. The fraction of sp³-hybridized carbons (Fsp3) is 0.826. The van der Waals surface area contributed by atoms with Crippen LogP contribution in [0.2, 0.25) is 0 Å². The zero-order chi connectivity index (χ0) is 21.1. The Bertz CT molecular complexity index is 732. The van der Waals surface area contributed by atoms with Crippen LogP contribution in [0.15, 0.2) is 0 Å². The van der Waals surface area contributed by atoms with Gasteiger partial charge < -0.3 is 15.0 Å². The monoisotopic (exact) mass is 417 g/mol. The number of fused-ring (bicyclic) bond motifs is 1. The van der Waals surface area contributed by atoms with Crippen molar-refractivity contribution in [1.29, 1.82) is 0 Å². The zero-order valence-electron chi connectivity index (χ0n) is 19.1. The molecule has 0 saturated carbocycles. The first kappa shape index (κ1) is 21.8. The molecule has 1 amide bonds. The molecule has 4 rings (SSSR count). The molecule has 0 spiro atoms. The summed E-state index contributed by atoms with van der Waals surface area (Å²) >= 11 is 0. The summed E-state index contributed by atoms with van der Waals surface area (Å²) in [6, 6.07) is 0.403. The summed E-state index contributed by atoms with van der Waals surface area (Å²) in [7, 11) is 0. The van der Waals surface area contributed by atoms with E-state index >= 15 is 0 Å². The summed E-state index contributed by atoms with van der Waals surface area (Å²) in [5.41, 5.74) is 3.29. The quantitative estimate of drug-likeness (QED) is 0.768. The lowest BCUT2D eigenvalue weighted by molar-refractivity contribution is -0.0104. The van der Waals surface area contributed by atoms with E-state index in [9.17, 15) is 4.79 Å². The number of ether oxygens (including phenoxy) is 1. The molecule has 2 aliphatic heterocycles. The number of carbonyl (C=O) groups excluding carboxylic acids is 1. The molecular formula is C23H39N5O2. The van der Waals surface area contributed by atoms with Crippen molar-refractivity contribution in [3.8, 4) is 0 Å². The maximum absolute atomic E-state index is 13.2. The summed E-state index contributed by atoms with van der Waals surface area (Å²) in [6.07, 6.45) is 6.47. The molecule has 1 aromatic heterocycles. The van der Waals surface area contributed by atoms with E-state index in [2.05, 4.69) is 35.7 Å². The van der Waals surface area contributed by atoms with E-state index < -0.39 is 0 Å². The van der Waals surface area contributed by atoms with Gasteiger partial charge in [-0.1, -0.05) is 0 Å². The molecule has 0 bridgehead atoms. The van der Waals surface area contributed by atoms with E-state index in [0.717, 1.165) is 84.6 Å². The molecule has 2 fully saturated rings. The molecule has 2 saturated heterocycles. The number of aryl methyl sites for hydroxylation is 1. The Morgan fingerprint density at radius 2 is 1.90 bits per heavy atom. The molecule has 1 aromatic rings. The van der Waals surface area contributed by atoms with Crippen LogP contribution in [0.3, 0.4) is 0 Å². The average Bonchev–Trinajstić information content (AvgIpc) is 3.16. The number of aromatic nitrogens is 2. The summed E-state index contributed by atoms with van der Waals surface area (Å²) in [5, 5.41) is 8.61. The molecule has 0 aromatic carbocycles. The van der Waals surface area contributed by atoms with Gasteiger partial charge in [0.2, 0.25) is 0 Å². The van der Waals surface area contributed by atoms with Crippen molar-refractivity contribution in [2.24, 2.45) is 0 Å². The molecule has 30 heavy (non-hydrogen) atoms. The summed E-state index contributed by atoms with van der Waals surface area (Å²) in [5.74, 6) is 0.146. The van der Waals surface area contributed by atoms with Gasteiger partial charge in [0.1, 0.15) is 0 Å². The lowest BCUT2D eigenvalue weighted by atomic mass is 9.90. The van der Waals surface area contributed by atoms with Gasteiger partial charge in [-0.3, -0.25) is 14.4 Å². The first-order valence-electron chi connectivity index (χ1n) is 11.9. The highest BCUT2D eigenvalue weighted by molar-refractivity contribution is 5.94. The van der Waals surface area contributed by atoms with Crippen molar-refractivity contribution < 1.29 is 9.53 Å². The van der Waals surface area contributed by atoms with Crippen LogP contribution in [0.4, 0.5) is 0 Å². The Hall–Kier alpha value is -1.44. The normalized spacial score (nSPS) is 23.4. The third kappa shape index (κ3) is 4.58. The first-order chi connectivity index (χ1) is 14.5. The van der Waals surface area contributed by atoms with E-state index in [0.29, 0.717) is 11.7 Å². The van der Waals surface area contributed by atoms with Crippen molar-refractivity contribution >= 4 is 5.91 Å². The number of hydrogen-bond donors (Lipinski definition) is 1. The van der Waals surface area contributed by atoms with Crippen LogP contribution in [-0.4, -0.2) is 83.0 Å². The van der Waals surface area contributed by atoms with Crippen molar-refractivity contribution in [1.82, 2.24) is 24.9 Å². The predicted molar refractivity (Wildman–Crippen MR) is 118 cm³/mol. The van der Waals surface area contributed by atoms with Gasteiger partial charge in [-0.25, -0.2) is 0 Å². The number of morpholine rings is 1. The van der Waals surface area contributed by atoms with Crippen LogP contribution in [0.1, 0.15) is 68.2 Å². The highest BCUT2D eigenvalue weighted by Gasteiger charge is 2.33. The molecule has 7 nitrogen and oxygen atoms in total. The lowest BCUT2D eigenvalue weighted by Crippen LogP contribution is -2.56. The molecule has 1 N–H and O–H groups in total. The first-order valence-corrected chi connectivity index (χ1v) is 11.9. The van der Waals surface area contributed by atoms with E-state index in [1.165, 1.54) is 17.7 Å². The summed E-state index contributed by atoms with van der Waals surface area (Å²) in [6.45, 7) is 14.0. The third-order valence-electron chi connectivity index (χ3n) is 7.18. The van der Waals surface area contributed by atoms with Gasteiger partial charge in [-0.2, -0.15) is 5.10 Å². The predicted octanol–water partition coefficient (Wildman–Crippen LogP) is 2.09. The van der Waals surface area contributed by atoms with Crippen molar-refractivity contribution in [3.05, 3.63) is 17.0 Å². The number of nitrogens with one attached hydrogen (secondary N) is 1. The molecule has 3 aliphatic rings. The van der Waals surface area contributed by atoms with Gasteiger partial charge in [0.05, 0.1) is 13.2 Å². The van der Waals surface area contributed by atoms with Crippen molar-refractivity contribution in [2.75, 3.05) is 45.9 Å². The highest BCUT2D eigenvalue weighted by Crippen LogP contribution is 2.27. The van der Waals surface area contributed by atoms with Gasteiger partial charge in [0, 0.05) is 62.1 Å². The molecule has 0 unspecified atom stereocenters. The fourth-order valence-corrected chi connectivity index (χ4v) is 5.22. The minimum atomic E-state index is 0.101. The van der Waals surface area contributed by atoms with Gasteiger partial charge in [-0.15, -0.1) is 0 Å². The number of carbonyl (C=O) groups is 1. The fourth-order valence-electron chi connectivity index (χ4n) is 5.22. The van der Waals surface area contributed by atoms with Gasteiger partial charge >= 0.3 is 0 Å². The number of likely N-dealkylation sites (tertiary alicyclic amines) is 1. The van der Waals surface area contributed by atoms with E-state index in [4.69, 9.17) is 9.84 Å². The second-order valence-electron chi connectivity index (χ2n) is 9.67. The van der Waals surface area contributed by atoms with Gasteiger partial charge in [-0.05, 0) is 59.3 Å². The largest absolute Gasteiger partial charge is 0.379 e. The van der Waals surface area contributed by atoms with Crippen LogP contribution in [0, 0.1) is 0 Å². The number of amides is 1. The molecule has 7 heteroatoms. The smallest absolute Gasteiger partial charge is 0.274 e. The second-order valence-corrected chi connectivity index (χ2v) is 9.67. The Kier molecular flexibility index (Phi) is 6.80. The Morgan fingerprint density at radius 1 is 1.17 bits per heavy atom. The topological polar surface area (TPSA) is 62.6 Å². The maximum Gasteiger partial charge on any atom is 0.274 e. The van der Waals surface area contributed by atoms with Crippen LogP contribution in [0.25, 0.3) is 0 Å². The minimum absolute atomic E-state index is 0.101. The Morgan fingerprint density at radius 3 is 2.60 bits per heavy atom. The lowest BCUT2D eigenvalue weighted by Gasteiger charge is -2.42. The number of piperidine rings is 1. The number of nitrogens with zero attached hydrogens (tertiary/aromatic N) is 4. The third-order valence-corrected chi connectivity index (χ3v) is 7.18. The van der Waals surface area contributed by atoms with E-state index in [1.807, 2.05) is 4.90 Å². The van der Waals surface area contributed by atoms with Crippen LogP contribution < -0.4 is 5.32 Å². The molecule has 1 atom stereocenters. The van der Waals surface area contributed by atoms with Crippen LogP contribution >= 0.6 is 0 Å². The molecule has 1 aliphatic carbocycles. The average molecular weight is 418 g/mol. The minimum Gasteiger partial charge on any atom is -0.379 e. The molecular weight excluding hydrogens is 378 g/mol. The number of hydrogen-bond acceptors (Lipinski definition) is 5. The molecule has 3 heterocycles. The SMILES string of the molecule is CCn1nc(C(=O)N2CCCCC2)c2c1CC[C@H](NCC(C)(C)N1CCOCC1)C2. The standard InChI is InChI=1S/C23H39N5O2/c1-4-28-20-9-8-18(24-17-23(2,3)27-12-14-30-15-13-27)16-19(20)21(25-28)22(29)26-10-6-5-7-11-26/h18,24H,4-17H2,1-3H3/t18-/m0/s1. The van der Waals surface area contributed by atoms with Crippen LogP contribution in [0.5, 0.6) is 0 Å². The Labute approximate surface area is 181 Å². The Balaban J connectivity index is 1.44. The van der Waals surface area contributed by atoms with Crippen LogP contribution in [-0.2, 0) is 24.1 Å². The van der Waals surface area contributed by atoms with Gasteiger partial charge in [0.15, 0.2) is 5.69 Å². The molecule has 168 valence electrons. The van der Waals surface area contributed by atoms with Crippen molar-refractivity contribution in [3.63, 3.8) is 0 Å². The van der Waals surface area contributed by atoms with E-state index in [1.54, 1.807) is 0 Å². The molecule has 0 radical (unpaired) electrons. The highest BCUT2D eigenvalue weighted by atomic mass is 16.5. The van der Waals surface area contributed by atoms with Gasteiger partial charge in [0.25, 0.3) is 5.91 Å². The van der Waals surface area contributed by atoms with E-state index in [-0.39, 0.29) is 11.4 Å². The van der Waals surface area contributed by atoms with Crippen molar-refractivity contribution in [2.45, 2.75) is 77.4 Å². The zero-order valence-corrected chi connectivity index (χ0v) is 19.1. The number of rotatable bonds is 6. The summed E-state index contributed by atoms with van der Waals surface area (Å²) < 4.78 is 7.59.